The summed E-state index contributed by atoms with van der Waals surface area (Å²) in [4.78, 5) is 68.7. The van der Waals surface area contributed by atoms with Crippen LogP contribution in [0.2, 0.25) is 0 Å². The average Bonchev–Trinajstić information content (AvgIpc) is 2.64. The van der Waals surface area contributed by atoms with Crippen LogP contribution in [-0.4, -0.2) is 82.2 Å². The van der Waals surface area contributed by atoms with Crippen LogP contribution in [0.4, 0.5) is 0 Å². The molecule has 0 spiro atoms. The predicted octanol–water partition coefficient (Wildman–Crippen LogP) is -4.39. The fourth-order valence-corrected chi connectivity index (χ4v) is 2.01. The molecule has 0 heterocycles. The first-order chi connectivity index (χ1) is 13.5. The number of rotatable bonds is 14. The summed E-state index contributed by atoms with van der Waals surface area (Å²) in [6.45, 7) is -1.47. The smallest absolute Gasteiger partial charge is 0.322 e. The number of carboxylic acid groups (broad SMARTS) is 2. The van der Waals surface area contributed by atoms with Gasteiger partial charge in [0.15, 0.2) is 0 Å². The molecule has 4 amide bonds. The molecule has 3 atom stereocenters. The van der Waals surface area contributed by atoms with Gasteiger partial charge in [0, 0.05) is 12.8 Å². The summed E-state index contributed by atoms with van der Waals surface area (Å²) in [5.41, 5.74) is 10.4. The topological polar surface area (TPSA) is 251 Å². The Hall–Kier alpha value is -3.26. The molecule has 0 aliphatic heterocycles. The van der Waals surface area contributed by atoms with Crippen LogP contribution in [0, 0.1) is 0 Å². The van der Waals surface area contributed by atoms with Crippen LogP contribution >= 0.6 is 0 Å². The molecule has 164 valence electrons. The first kappa shape index (κ1) is 25.7. The number of hydrogen-bond acceptors (Lipinski definition) is 8. The number of hydrogen-bond donors (Lipinski definition) is 8. The Balaban J connectivity index is 5.29. The van der Waals surface area contributed by atoms with E-state index in [0.717, 1.165) is 0 Å². The Bertz CT molecular complexity index is 640. The monoisotopic (exact) mass is 419 g/mol. The van der Waals surface area contributed by atoms with E-state index in [1.807, 2.05) is 5.32 Å². The molecule has 0 aliphatic rings. The fraction of sp³-hybridized carbons (Fsp3) is 0.600. The number of amides is 4. The third-order valence-electron chi connectivity index (χ3n) is 3.54. The van der Waals surface area contributed by atoms with Gasteiger partial charge in [0.2, 0.25) is 23.6 Å². The quantitative estimate of drug-likeness (QED) is 0.134. The van der Waals surface area contributed by atoms with Crippen LogP contribution < -0.4 is 27.4 Å². The molecular weight excluding hydrogens is 394 g/mol. The van der Waals surface area contributed by atoms with E-state index in [4.69, 9.17) is 26.8 Å². The summed E-state index contributed by atoms with van der Waals surface area (Å²) >= 11 is 0. The van der Waals surface area contributed by atoms with Crippen molar-refractivity contribution in [1.29, 1.82) is 0 Å². The number of carboxylic acids is 2. The predicted molar refractivity (Wildman–Crippen MR) is 94.9 cm³/mol. The fourth-order valence-electron chi connectivity index (χ4n) is 2.01. The zero-order valence-corrected chi connectivity index (χ0v) is 15.4. The molecule has 0 saturated heterocycles. The maximum Gasteiger partial charge on any atom is 0.322 e. The molecular formula is C15H25N5O9. The van der Waals surface area contributed by atoms with Crippen molar-refractivity contribution in [3.8, 4) is 0 Å². The highest BCUT2D eigenvalue weighted by molar-refractivity contribution is 5.94. The van der Waals surface area contributed by atoms with Crippen molar-refractivity contribution in [3.05, 3.63) is 0 Å². The van der Waals surface area contributed by atoms with Gasteiger partial charge in [-0.3, -0.25) is 28.8 Å². The van der Waals surface area contributed by atoms with E-state index < -0.39 is 73.3 Å². The lowest BCUT2D eigenvalue weighted by Gasteiger charge is -2.23. The number of carbonyl (C=O) groups excluding carboxylic acids is 4. The normalized spacial score (nSPS) is 13.4. The second-order valence-electron chi connectivity index (χ2n) is 5.96. The molecule has 0 aromatic carbocycles. The minimum absolute atomic E-state index is 0.256. The Morgan fingerprint density at radius 3 is 1.79 bits per heavy atom. The summed E-state index contributed by atoms with van der Waals surface area (Å²) in [7, 11) is 0. The third-order valence-corrected chi connectivity index (χ3v) is 3.54. The molecule has 0 aliphatic carbocycles. The summed E-state index contributed by atoms with van der Waals surface area (Å²) in [5, 5.41) is 32.7. The largest absolute Gasteiger partial charge is 0.481 e. The second-order valence-corrected chi connectivity index (χ2v) is 5.96. The Kier molecular flexibility index (Phi) is 11.5. The number of aliphatic hydroxyl groups excluding tert-OH is 1. The molecule has 0 radical (unpaired) electrons. The average molecular weight is 419 g/mol. The Morgan fingerprint density at radius 1 is 0.793 bits per heavy atom. The van der Waals surface area contributed by atoms with Gasteiger partial charge in [-0.25, -0.2) is 0 Å². The number of carbonyl (C=O) groups is 6. The molecule has 0 fully saturated rings. The summed E-state index contributed by atoms with van der Waals surface area (Å²) in [5.74, 6) is -6.20. The van der Waals surface area contributed by atoms with Gasteiger partial charge in [-0.15, -0.1) is 0 Å². The second kappa shape index (κ2) is 13.0. The molecule has 14 nitrogen and oxygen atoms in total. The van der Waals surface area contributed by atoms with Crippen LogP contribution in [-0.2, 0) is 28.8 Å². The molecule has 0 aromatic rings. The van der Waals surface area contributed by atoms with E-state index in [1.165, 1.54) is 0 Å². The van der Waals surface area contributed by atoms with Crippen molar-refractivity contribution >= 4 is 35.6 Å². The van der Waals surface area contributed by atoms with E-state index in [0.29, 0.717) is 0 Å². The lowest BCUT2D eigenvalue weighted by Crippen LogP contribution is -2.56. The van der Waals surface area contributed by atoms with Crippen LogP contribution in [0.5, 0.6) is 0 Å². The Labute approximate surface area is 165 Å². The molecule has 14 heteroatoms. The standard InChI is InChI=1S/C15H25N5O9/c16-7(6-21)13(27)19-9(1-3-10(17)22)15(29)20-8(2-4-11(23)24)14(28)18-5-12(25)26/h7-9,21H,1-6,16H2,(H2,17,22)(H,18,28)(H,19,27)(H,20,29)(H,23,24)(H,25,26). The number of nitrogens with two attached hydrogens (primary N) is 2. The first-order valence-electron chi connectivity index (χ1n) is 8.44. The minimum Gasteiger partial charge on any atom is -0.481 e. The van der Waals surface area contributed by atoms with E-state index >= 15 is 0 Å². The van der Waals surface area contributed by atoms with Crippen molar-refractivity contribution < 1.29 is 44.1 Å². The highest BCUT2D eigenvalue weighted by Crippen LogP contribution is 2.03. The summed E-state index contributed by atoms with van der Waals surface area (Å²) in [6.07, 6.45) is -1.44. The van der Waals surface area contributed by atoms with Crippen LogP contribution in [0.15, 0.2) is 0 Å². The highest BCUT2D eigenvalue weighted by atomic mass is 16.4. The summed E-state index contributed by atoms with van der Waals surface area (Å²) < 4.78 is 0. The molecule has 3 unspecified atom stereocenters. The SMILES string of the molecule is NC(=O)CCC(NC(=O)C(N)CO)C(=O)NC(CCC(=O)O)C(=O)NCC(=O)O. The van der Waals surface area contributed by atoms with Gasteiger partial charge in [-0.2, -0.15) is 0 Å². The zero-order chi connectivity index (χ0) is 22.6. The maximum atomic E-state index is 12.5. The molecule has 0 rings (SSSR count). The minimum atomic E-state index is -1.42. The molecule has 0 aromatic heterocycles. The van der Waals surface area contributed by atoms with E-state index in [1.54, 1.807) is 0 Å². The number of nitrogens with one attached hydrogen (secondary N) is 3. The van der Waals surface area contributed by atoms with Crippen LogP contribution in [0.1, 0.15) is 25.7 Å². The zero-order valence-electron chi connectivity index (χ0n) is 15.4. The third kappa shape index (κ3) is 11.2. The lowest BCUT2D eigenvalue weighted by atomic mass is 10.1. The number of primary amides is 1. The lowest BCUT2D eigenvalue weighted by molar-refractivity contribution is -0.140. The maximum absolute atomic E-state index is 12.5. The van der Waals surface area contributed by atoms with Gasteiger partial charge in [-0.05, 0) is 12.8 Å². The van der Waals surface area contributed by atoms with Gasteiger partial charge in [0.05, 0.1) is 6.61 Å². The van der Waals surface area contributed by atoms with E-state index in [-0.39, 0.29) is 19.3 Å². The van der Waals surface area contributed by atoms with Crippen molar-refractivity contribution in [2.45, 2.75) is 43.8 Å². The van der Waals surface area contributed by atoms with Crippen LogP contribution in [0.25, 0.3) is 0 Å². The van der Waals surface area contributed by atoms with Crippen molar-refractivity contribution in [2.24, 2.45) is 11.5 Å². The van der Waals surface area contributed by atoms with Gasteiger partial charge in [0.25, 0.3) is 0 Å². The van der Waals surface area contributed by atoms with Crippen LogP contribution in [0.3, 0.4) is 0 Å². The van der Waals surface area contributed by atoms with Gasteiger partial charge >= 0.3 is 11.9 Å². The first-order valence-corrected chi connectivity index (χ1v) is 8.44. The van der Waals surface area contributed by atoms with Gasteiger partial charge < -0.3 is 42.7 Å². The molecule has 10 N–H and O–H groups in total. The van der Waals surface area contributed by atoms with E-state index in [9.17, 15) is 28.8 Å². The van der Waals surface area contributed by atoms with Crippen molar-refractivity contribution in [1.82, 2.24) is 16.0 Å². The Morgan fingerprint density at radius 2 is 1.31 bits per heavy atom. The number of aliphatic hydroxyl groups is 1. The molecule has 0 saturated carbocycles. The molecule has 0 bridgehead atoms. The van der Waals surface area contributed by atoms with E-state index in [2.05, 4.69) is 10.6 Å². The highest BCUT2D eigenvalue weighted by Gasteiger charge is 2.28. The summed E-state index contributed by atoms with van der Waals surface area (Å²) in [6, 6.07) is -4.13. The van der Waals surface area contributed by atoms with Crippen molar-refractivity contribution in [3.63, 3.8) is 0 Å². The van der Waals surface area contributed by atoms with Gasteiger partial charge in [0.1, 0.15) is 24.7 Å². The number of aliphatic carboxylic acids is 2. The molecule has 29 heavy (non-hydrogen) atoms. The van der Waals surface area contributed by atoms with Crippen molar-refractivity contribution in [2.75, 3.05) is 13.2 Å². The van der Waals surface area contributed by atoms with Gasteiger partial charge in [-0.1, -0.05) is 0 Å².